The van der Waals surface area contributed by atoms with Gasteiger partial charge in [0.15, 0.2) is 0 Å². The van der Waals surface area contributed by atoms with Crippen LogP contribution in [0.5, 0.6) is 5.75 Å². The van der Waals surface area contributed by atoms with Crippen molar-refractivity contribution in [2.45, 2.75) is 6.92 Å². The zero-order valence-electron chi connectivity index (χ0n) is 14.5. The number of nitrogens with one attached hydrogen (secondary N) is 1. The summed E-state index contributed by atoms with van der Waals surface area (Å²) in [5, 5.41) is 2.74. The van der Waals surface area contributed by atoms with Crippen molar-refractivity contribution in [3.05, 3.63) is 59.7 Å². The van der Waals surface area contributed by atoms with Gasteiger partial charge in [0.25, 0.3) is 5.91 Å². The Kier molecular flexibility index (Phi) is 6.03. The first kappa shape index (κ1) is 18.8. The number of hydrogen-bond donors (Lipinski definition) is 1. The minimum Gasteiger partial charge on any atom is -0.492 e. The van der Waals surface area contributed by atoms with Crippen molar-refractivity contribution >= 4 is 21.6 Å². The molecule has 0 heterocycles. The smallest absolute Gasteiger partial charge is 0.253 e. The Bertz CT molecular complexity index is 832. The molecule has 0 aliphatic rings. The van der Waals surface area contributed by atoms with Crippen LogP contribution in [0, 0.1) is 6.92 Å². The van der Waals surface area contributed by atoms with E-state index in [1.165, 1.54) is 7.05 Å². The Morgan fingerprint density at radius 2 is 1.76 bits per heavy atom. The van der Waals surface area contributed by atoms with E-state index < -0.39 is 10.0 Å². The fourth-order valence-electron chi connectivity index (χ4n) is 2.18. The minimum absolute atomic E-state index is 0.297. The number of carbonyl (C=O) groups is 1. The number of sulfonamides is 1. The van der Waals surface area contributed by atoms with Crippen molar-refractivity contribution in [2.75, 3.05) is 30.8 Å². The van der Waals surface area contributed by atoms with Crippen molar-refractivity contribution in [1.82, 2.24) is 5.32 Å². The molecule has 2 aromatic rings. The van der Waals surface area contributed by atoms with E-state index in [0.717, 1.165) is 21.9 Å². The van der Waals surface area contributed by atoms with Gasteiger partial charge in [0.2, 0.25) is 10.0 Å². The van der Waals surface area contributed by atoms with E-state index in [1.807, 2.05) is 31.2 Å². The molecule has 2 rings (SSSR count). The summed E-state index contributed by atoms with van der Waals surface area (Å²) >= 11 is 0. The molecule has 7 heteroatoms. The van der Waals surface area contributed by atoms with Gasteiger partial charge in [-0.15, -0.1) is 0 Å². The summed E-state index contributed by atoms with van der Waals surface area (Å²) in [4.78, 5) is 12.4. The second kappa shape index (κ2) is 8.02. The first-order valence-corrected chi connectivity index (χ1v) is 9.64. The third kappa shape index (κ3) is 5.22. The van der Waals surface area contributed by atoms with E-state index in [9.17, 15) is 13.2 Å². The van der Waals surface area contributed by atoms with Gasteiger partial charge >= 0.3 is 0 Å². The molecule has 0 aromatic heterocycles. The fourth-order valence-corrected chi connectivity index (χ4v) is 2.70. The first-order chi connectivity index (χ1) is 11.8. The molecule has 0 aliphatic carbocycles. The Labute approximate surface area is 148 Å². The Morgan fingerprint density at radius 1 is 1.12 bits per heavy atom. The lowest BCUT2D eigenvalue weighted by Gasteiger charge is -2.19. The SMILES string of the molecule is Cc1ccc(OCCNC(=O)c2ccccc2N(C)S(C)(=O)=O)cc1. The van der Waals surface area contributed by atoms with Crippen molar-refractivity contribution in [1.29, 1.82) is 0 Å². The summed E-state index contributed by atoms with van der Waals surface area (Å²) in [5.41, 5.74) is 1.78. The average Bonchev–Trinajstić information content (AvgIpc) is 2.58. The van der Waals surface area contributed by atoms with E-state index >= 15 is 0 Å². The van der Waals surface area contributed by atoms with Crippen molar-refractivity contribution in [3.63, 3.8) is 0 Å². The van der Waals surface area contributed by atoms with Gasteiger partial charge in [-0.3, -0.25) is 9.10 Å². The molecular formula is C18H22N2O4S. The summed E-state index contributed by atoms with van der Waals surface area (Å²) in [6.07, 6.45) is 1.09. The van der Waals surface area contributed by atoms with E-state index in [-0.39, 0.29) is 5.91 Å². The van der Waals surface area contributed by atoms with Gasteiger partial charge in [0.1, 0.15) is 12.4 Å². The number of rotatable bonds is 7. The molecular weight excluding hydrogens is 340 g/mol. The second-order valence-corrected chi connectivity index (χ2v) is 7.68. The van der Waals surface area contributed by atoms with Gasteiger partial charge in [-0.1, -0.05) is 29.8 Å². The summed E-state index contributed by atoms with van der Waals surface area (Å²) in [6, 6.07) is 14.2. The van der Waals surface area contributed by atoms with E-state index in [1.54, 1.807) is 24.3 Å². The van der Waals surface area contributed by atoms with Gasteiger partial charge in [0.05, 0.1) is 24.1 Å². The highest BCUT2D eigenvalue weighted by molar-refractivity contribution is 7.92. The molecule has 1 N–H and O–H groups in total. The molecule has 6 nitrogen and oxygen atoms in total. The minimum atomic E-state index is -3.45. The maximum Gasteiger partial charge on any atom is 0.253 e. The number of aryl methyl sites for hydroxylation is 1. The number of hydrogen-bond acceptors (Lipinski definition) is 4. The number of amides is 1. The molecule has 0 fully saturated rings. The molecule has 0 saturated carbocycles. The van der Waals surface area contributed by atoms with Gasteiger partial charge in [0, 0.05) is 7.05 Å². The highest BCUT2D eigenvalue weighted by Crippen LogP contribution is 2.21. The van der Waals surface area contributed by atoms with Crippen LogP contribution in [0.1, 0.15) is 15.9 Å². The van der Waals surface area contributed by atoms with Gasteiger partial charge in [-0.25, -0.2) is 8.42 Å². The van der Waals surface area contributed by atoms with Gasteiger partial charge < -0.3 is 10.1 Å². The van der Waals surface area contributed by atoms with E-state index in [2.05, 4.69) is 5.32 Å². The largest absolute Gasteiger partial charge is 0.492 e. The predicted molar refractivity (Wildman–Crippen MR) is 98.7 cm³/mol. The fraction of sp³-hybridized carbons (Fsp3) is 0.278. The summed E-state index contributed by atoms with van der Waals surface area (Å²) < 4.78 is 30.1. The molecule has 25 heavy (non-hydrogen) atoms. The predicted octanol–water partition coefficient (Wildman–Crippen LogP) is 2.20. The number of para-hydroxylation sites is 1. The number of nitrogens with zero attached hydrogens (tertiary/aromatic N) is 1. The maximum absolute atomic E-state index is 12.4. The number of benzene rings is 2. The van der Waals surface area contributed by atoms with Crippen molar-refractivity contribution < 1.29 is 17.9 Å². The van der Waals surface area contributed by atoms with Crippen LogP contribution in [0.2, 0.25) is 0 Å². The molecule has 134 valence electrons. The molecule has 0 radical (unpaired) electrons. The third-order valence-corrected chi connectivity index (χ3v) is 4.85. The zero-order valence-corrected chi connectivity index (χ0v) is 15.3. The lowest BCUT2D eigenvalue weighted by Crippen LogP contribution is -2.31. The van der Waals surface area contributed by atoms with Crippen LogP contribution in [0.3, 0.4) is 0 Å². The molecule has 0 atom stereocenters. The number of carbonyl (C=O) groups excluding carboxylic acids is 1. The molecule has 0 spiro atoms. The van der Waals surface area contributed by atoms with E-state index in [0.29, 0.717) is 24.4 Å². The van der Waals surface area contributed by atoms with Crippen LogP contribution >= 0.6 is 0 Å². The van der Waals surface area contributed by atoms with Crippen LogP contribution < -0.4 is 14.4 Å². The lowest BCUT2D eigenvalue weighted by molar-refractivity contribution is 0.0947. The Morgan fingerprint density at radius 3 is 2.40 bits per heavy atom. The highest BCUT2D eigenvalue weighted by atomic mass is 32.2. The van der Waals surface area contributed by atoms with Crippen LogP contribution in [-0.2, 0) is 10.0 Å². The summed E-state index contributed by atoms with van der Waals surface area (Å²) in [5.74, 6) is 0.385. The first-order valence-electron chi connectivity index (χ1n) is 7.79. The molecule has 0 saturated heterocycles. The Hall–Kier alpha value is -2.54. The quantitative estimate of drug-likeness (QED) is 0.766. The third-order valence-electron chi connectivity index (χ3n) is 3.66. The number of ether oxygens (including phenoxy) is 1. The van der Waals surface area contributed by atoms with Crippen molar-refractivity contribution in [2.24, 2.45) is 0 Å². The molecule has 0 aliphatic heterocycles. The normalized spacial score (nSPS) is 11.0. The standard InChI is InChI=1S/C18H22N2O4S/c1-14-8-10-15(11-9-14)24-13-12-19-18(21)16-6-4-5-7-17(16)20(2)25(3,22)23/h4-11H,12-13H2,1-3H3,(H,19,21). The monoisotopic (exact) mass is 362 g/mol. The number of anilines is 1. The molecule has 2 aromatic carbocycles. The van der Waals surface area contributed by atoms with Crippen LogP contribution in [0.15, 0.2) is 48.5 Å². The lowest BCUT2D eigenvalue weighted by atomic mass is 10.1. The van der Waals surface area contributed by atoms with Gasteiger partial charge in [-0.2, -0.15) is 0 Å². The molecule has 0 unspecified atom stereocenters. The summed E-state index contributed by atoms with van der Waals surface area (Å²) in [7, 11) is -2.03. The van der Waals surface area contributed by atoms with E-state index in [4.69, 9.17) is 4.74 Å². The highest BCUT2D eigenvalue weighted by Gasteiger charge is 2.19. The van der Waals surface area contributed by atoms with Gasteiger partial charge in [-0.05, 0) is 31.2 Å². The second-order valence-electron chi connectivity index (χ2n) is 5.67. The molecule has 0 bridgehead atoms. The van der Waals surface area contributed by atoms with Crippen LogP contribution in [0.25, 0.3) is 0 Å². The van der Waals surface area contributed by atoms with Crippen molar-refractivity contribution in [3.8, 4) is 5.75 Å². The topological polar surface area (TPSA) is 75.7 Å². The molecule has 1 amide bonds. The maximum atomic E-state index is 12.4. The van der Waals surface area contributed by atoms with Crippen LogP contribution in [-0.4, -0.2) is 40.8 Å². The zero-order chi connectivity index (χ0) is 18.4. The average molecular weight is 362 g/mol. The Balaban J connectivity index is 1.96. The van der Waals surface area contributed by atoms with Crippen LogP contribution in [0.4, 0.5) is 5.69 Å². The summed E-state index contributed by atoms with van der Waals surface area (Å²) in [6.45, 7) is 2.62.